The van der Waals surface area contributed by atoms with Crippen LogP contribution in [0.25, 0.3) is 22.4 Å². The summed E-state index contributed by atoms with van der Waals surface area (Å²) in [5, 5.41) is 19.0. The number of aromatic nitrogens is 2. The highest BCUT2D eigenvalue weighted by Gasteiger charge is 2.19. The van der Waals surface area contributed by atoms with Gasteiger partial charge in [0.05, 0.1) is 7.11 Å². The number of ether oxygens (including phenoxy) is 2. The van der Waals surface area contributed by atoms with Crippen LogP contribution in [-0.4, -0.2) is 22.4 Å². The second kappa shape index (κ2) is 9.14. The predicted molar refractivity (Wildman–Crippen MR) is 123 cm³/mol. The number of methoxy groups -OCH3 is 1. The number of aryl methyl sites for hydroxylation is 1. The van der Waals surface area contributed by atoms with Crippen LogP contribution >= 0.6 is 11.6 Å². The number of phenols is 1. The molecule has 0 unspecified atom stereocenters. The highest BCUT2D eigenvalue weighted by atomic mass is 35.5. The van der Waals surface area contributed by atoms with Gasteiger partial charge in [0.15, 0.2) is 0 Å². The summed E-state index contributed by atoms with van der Waals surface area (Å²) in [5.41, 5.74) is 5.23. The van der Waals surface area contributed by atoms with Crippen molar-refractivity contribution in [2.24, 2.45) is 0 Å². The van der Waals surface area contributed by atoms with Crippen LogP contribution in [0.1, 0.15) is 18.2 Å². The summed E-state index contributed by atoms with van der Waals surface area (Å²) >= 11 is 5.92. The molecule has 31 heavy (non-hydrogen) atoms. The molecule has 2 N–H and O–H groups in total. The second-order valence-corrected chi connectivity index (χ2v) is 7.54. The Labute approximate surface area is 186 Å². The van der Waals surface area contributed by atoms with E-state index in [9.17, 15) is 5.11 Å². The lowest BCUT2D eigenvalue weighted by molar-refractivity contribution is 0.304. The molecule has 1 heterocycles. The summed E-state index contributed by atoms with van der Waals surface area (Å²) in [6, 6.07) is 20.6. The molecule has 0 bridgehead atoms. The van der Waals surface area contributed by atoms with E-state index in [2.05, 4.69) is 17.1 Å². The quantitative estimate of drug-likeness (QED) is 0.360. The van der Waals surface area contributed by atoms with Crippen molar-refractivity contribution in [1.82, 2.24) is 10.2 Å². The van der Waals surface area contributed by atoms with Crippen molar-refractivity contribution in [3.05, 3.63) is 83.0 Å². The molecule has 0 fully saturated rings. The topological polar surface area (TPSA) is 67.4 Å². The first kappa shape index (κ1) is 20.8. The van der Waals surface area contributed by atoms with Crippen molar-refractivity contribution in [2.45, 2.75) is 20.0 Å². The van der Waals surface area contributed by atoms with Gasteiger partial charge in [0.25, 0.3) is 0 Å². The van der Waals surface area contributed by atoms with Gasteiger partial charge in [-0.25, -0.2) is 0 Å². The number of aromatic hydroxyl groups is 1. The summed E-state index contributed by atoms with van der Waals surface area (Å²) < 4.78 is 11.2. The third-order valence-electron chi connectivity index (χ3n) is 5.10. The van der Waals surface area contributed by atoms with Gasteiger partial charge in [0.1, 0.15) is 29.5 Å². The smallest absolute Gasteiger partial charge is 0.128 e. The van der Waals surface area contributed by atoms with Crippen molar-refractivity contribution in [1.29, 1.82) is 0 Å². The van der Waals surface area contributed by atoms with Gasteiger partial charge in [-0.2, -0.15) is 5.10 Å². The monoisotopic (exact) mass is 434 g/mol. The van der Waals surface area contributed by atoms with Gasteiger partial charge in [-0.05, 0) is 53.9 Å². The zero-order valence-corrected chi connectivity index (χ0v) is 18.1. The number of H-pyrrole nitrogens is 1. The van der Waals surface area contributed by atoms with Crippen LogP contribution in [0.4, 0.5) is 0 Å². The molecule has 6 heteroatoms. The molecule has 5 nitrogen and oxygen atoms in total. The van der Waals surface area contributed by atoms with Crippen LogP contribution in [0.2, 0.25) is 5.02 Å². The van der Waals surface area contributed by atoms with Crippen molar-refractivity contribution in [3.8, 4) is 39.6 Å². The van der Waals surface area contributed by atoms with Crippen LogP contribution in [0.15, 0.2) is 66.7 Å². The van der Waals surface area contributed by atoms with Crippen molar-refractivity contribution >= 4 is 11.6 Å². The molecule has 0 aliphatic rings. The van der Waals surface area contributed by atoms with Gasteiger partial charge in [-0.15, -0.1) is 0 Å². The number of nitrogens with one attached hydrogen (secondary N) is 1. The zero-order chi connectivity index (χ0) is 21.8. The lowest BCUT2D eigenvalue weighted by atomic mass is 9.97. The number of aromatic amines is 1. The maximum absolute atomic E-state index is 10.8. The number of rotatable bonds is 7. The summed E-state index contributed by atoms with van der Waals surface area (Å²) in [4.78, 5) is 0. The molecule has 158 valence electrons. The molecule has 0 amide bonds. The first-order chi connectivity index (χ1) is 15.1. The Morgan fingerprint density at radius 3 is 2.52 bits per heavy atom. The van der Waals surface area contributed by atoms with Crippen LogP contribution in [0.3, 0.4) is 0 Å². The molecule has 0 saturated heterocycles. The number of hydrogen-bond donors (Lipinski definition) is 2. The fourth-order valence-corrected chi connectivity index (χ4v) is 3.59. The normalized spacial score (nSPS) is 10.8. The second-order valence-electron chi connectivity index (χ2n) is 7.11. The number of nitrogens with zero attached hydrogens (tertiary/aromatic N) is 1. The minimum Gasteiger partial charge on any atom is -0.507 e. The zero-order valence-electron chi connectivity index (χ0n) is 17.4. The Morgan fingerprint density at radius 1 is 1.00 bits per heavy atom. The summed E-state index contributed by atoms with van der Waals surface area (Å²) in [6.45, 7) is 2.45. The first-order valence-corrected chi connectivity index (χ1v) is 10.4. The van der Waals surface area contributed by atoms with Crippen LogP contribution in [0, 0.1) is 0 Å². The maximum atomic E-state index is 10.8. The van der Waals surface area contributed by atoms with E-state index in [1.165, 1.54) is 0 Å². The van der Waals surface area contributed by atoms with Gasteiger partial charge in [0.2, 0.25) is 0 Å². The molecular formula is C25H23ClN2O3. The third-order valence-corrected chi connectivity index (χ3v) is 5.35. The minimum absolute atomic E-state index is 0.104. The minimum atomic E-state index is 0.104. The molecule has 4 aromatic rings. The van der Waals surface area contributed by atoms with Crippen molar-refractivity contribution in [2.75, 3.05) is 7.11 Å². The first-order valence-electron chi connectivity index (χ1n) is 10.0. The maximum Gasteiger partial charge on any atom is 0.128 e. The summed E-state index contributed by atoms with van der Waals surface area (Å²) in [7, 11) is 1.64. The Morgan fingerprint density at radius 2 is 1.81 bits per heavy atom. The van der Waals surface area contributed by atoms with E-state index >= 15 is 0 Å². The Bertz CT molecular complexity index is 1190. The molecule has 0 aliphatic heterocycles. The summed E-state index contributed by atoms with van der Waals surface area (Å²) in [5.74, 6) is 1.44. The molecule has 1 aromatic heterocycles. The lowest BCUT2D eigenvalue weighted by Gasteiger charge is -2.11. The van der Waals surface area contributed by atoms with Crippen LogP contribution in [-0.2, 0) is 13.0 Å². The van der Waals surface area contributed by atoms with E-state index in [1.54, 1.807) is 13.2 Å². The highest BCUT2D eigenvalue weighted by molar-refractivity contribution is 6.30. The molecule has 0 saturated carbocycles. The standard InChI is InChI=1S/C25H23ClN2O3/c1-3-22-24(17-5-4-6-19(13-17)30-2)25(28-27-22)21-12-11-20(14-23(21)29)31-15-16-7-9-18(26)10-8-16/h4-14,29H,3,15H2,1-2H3,(H,27,28). The fraction of sp³-hybridized carbons (Fsp3) is 0.160. The Hall–Kier alpha value is -3.44. The van der Waals surface area contributed by atoms with Crippen LogP contribution in [0.5, 0.6) is 17.2 Å². The average molecular weight is 435 g/mol. The Kier molecular flexibility index (Phi) is 6.14. The van der Waals surface area contributed by atoms with E-state index in [1.807, 2.05) is 60.7 Å². The van der Waals surface area contributed by atoms with Gasteiger partial charge in [-0.3, -0.25) is 5.10 Å². The molecule has 0 spiro atoms. The summed E-state index contributed by atoms with van der Waals surface area (Å²) in [6.07, 6.45) is 0.780. The highest BCUT2D eigenvalue weighted by Crippen LogP contribution is 2.39. The van der Waals surface area contributed by atoms with Crippen molar-refractivity contribution < 1.29 is 14.6 Å². The van der Waals surface area contributed by atoms with E-state index in [4.69, 9.17) is 21.1 Å². The van der Waals surface area contributed by atoms with Crippen LogP contribution < -0.4 is 9.47 Å². The molecule has 0 atom stereocenters. The molecule has 0 radical (unpaired) electrons. The molecule has 3 aromatic carbocycles. The van der Waals surface area contributed by atoms with E-state index in [-0.39, 0.29) is 5.75 Å². The van der Waals surface area contributed by atoms with E-state index in [0.29, 0.717) is 28.6 Å². The van der Waals surface area contributed by atoms with Gasteiger partial charge < -0.3 is 14.6 Å². The fourth-order valence-electron chi connectivity index (χ4n) is 3.47. The number of hydrogen-bond acceptors (Lipinski definition) is 4. The number of halogens is 1. The van der Waals surface area contributed by atoms with Crippen molar-refractivity contribution in [3.63, 3.8) is 0 Å². The predicted octanol–water partition coefficient (Wildman–Crippen LogP) is 6.25. The van der Waals surface area contributed by atoms with Gasteiger partial charge in [0, 0.05) is 27.9 Å². The Balaban J connectivity index is 1.64. The largest absolute Gasteiger partial charge is 0.507 e. The van der Waals surface area contributed by atoms with Gasteiger partial charge >= 0.3 is 0 Å². The number of phenolic OH excluding ortho intramolecular Hbond substituents is 1. The molecular weight excluding hydrogens is 412 g/mol. The molecule has 0 aliphatic carbocycles. The SMILES string of the molecule is CCc1[nH]nc(-c2ccc(OCc3ccc(Cl)cc3)cc2O)c1-c1cccc(OC)c1. The van der Waals surface area contributed by atoms with E-state index < -0.39 is 0 Å². The number of benzene rings is 3. The van der Waals surface area contributed by atoms with Gasteiger partial charge in [-0.1, -0.05) is 42.8 Å². The van der Waals surface area contributed by atoms with E-state index in [0.717, 1.165) is 34.6 Å². The molecule has 4 rings (SSSR count). The lowest BCUT2D eigenvalue weighted by Crippen LogP contribution is -1.95. The third kappa shape index (κ3) is 4.52. The average Bonchev–Trinajstić information content (AvgIpc) is 3.22.